The molecule has 2 unspecified atom stereocenters. The Bertz CT molecular complexity index is 346. The van der Waals surface area contributed by atoms with Crippen LogP contribution in [0.3, 0.4) is 0 Å². The fourth-order valence-electron chi connectivity index (χ4n) is 2.73. The lowest BCUT2D eigenvalue weighted by molar-refractivity contribution is -0.155. The highest BCUT2D eigenvalue weighted by Crippen LogP contribution is 2.24. The Kier molecular flexibility index (Phi) is 6.46. The van der Waals surface area contributed by atoms with Gasteiger partial charge in [-0.15, -0.1) is 0 Å². The third-order valence-electron chi connectivity index (χ3n) is 3.62. The lowest BCUT2D eigenvalue weighted by atomic mass is 9.95. The number of rotatable bonds is 5. The first kappa shape index (κ1) is 18.2. The molecule has 1 saturated heterocycles. The number of carbonyl (C=O) groups is 1. The van der Waals surface area contributed by atoms with E-state index >= 15 is 0 Å². The Labute approximate surface area is 123 Å². The fraction of sp³-hybridized carbons (Fsp3) is 0.929. The molecule has 7 heteroatoms. The molecule has 1 rings (SSSR count). The third-order valence-corrected chi connectivity index (χ3v) is 3.62. The van der Waals surface area contributed by atoms with Crippen molar-refractivity contribution in [2.75, 3.05) is 26.2 Å². The Balaban J connectivity index is 2.67. The number of amides is 1. The van der Waals surface area contributed by atoms with Crippen LogP contribution in [0.4, 0.5) is 13.2 Å². The van der Waals surface area contributed by atoms with Crippen LogP contribution < -0.4 is 0 Å². The third kappa shape index (κ3) is 6.22. The van der Waals surface area contributed by atoms with Crippen molar-refractivity contribution in [2.24, 2.45) is 5.92 Å². The van der Waals surface area contributed by atoms with Crippen LogP contribution in [-0.2, 0) is 4.79 Å². The van der Waals surface area contributed by atoms with Gasteiger partial charge >= 0.3 is 6.18 Å². The normalized spacial score (nSPS) is 22.4. The second-order valence-electron chi connectivity index (χ2n) is 6.12. The van der Waals surface area contributed by atoms with Crippen LogP contribution in [0.5, 0.6) is 0 Å². The standard InChI is InChI=1S/C14H25F3N2O2/c1-10(2)19(7-11(3)20)13(21)12-5-4-6-18(8-12)9-14(15,16)17/h10-12,20H,4-9H2,1-3H3. The SMILES string of the molecule is CC(O)CN(C(=O)C1CCCN(CC(F)(F)F)C1)C(C)C. The molecule has 1 amide bonds. The molecule has 0 radical (unpaired) electrons. The van der Waals surface area contributed by atoms with E-state index in [9.17, 15) is 23.1 Å². The number of alkyl halides is 3. The molecule has 1 aliphatic rings. The highest BCUT2D eigenvalue weighted by atomic mass is 19.4. The molecule has 124 valence electrons. The number of halogens is 3. The molecule has 4 nitrogen and oxygen atoms in total. The molecule has 0 aromatic carbocycles. The number of aliphatic hydroxyl groups is 1. The summed E-state index contributed by atoms with van der Waals surface area (Å²) in [5, 5.41) is 9.47. The van der Waals surface area contributed by atoms with Gasteiger partial charge in [0, 0.05) is 19.1 Å². The van der Waals surface area contributed by atoms with Crippen LogP contribution in [0.1, 0.15) is 33.6 Å². The summed E-state index contributed by atoms with van der Waals surface area (Å²) in [6.07, 6.45) is -3.68. The van der Waals surface area contributed by atoms with Crippen LogP contribution >= 0.6 is 0 Å². The van der Waals surface area contributed by atoms with Crippen molar-refractivity contribution < 1.29 is 23.1 Å². The summed E-state index contributed by atoms with van der Waals surface area (Å²) in [7, 11) is 0. The lowest BCUT2D eigenvalue weighted by Gasteiger charge is -2.37. The Morgan fingerprint density at radius 2 is 2.00 bits per heavy atom. The maximum atomic E-state index is 12.5. The van der Waals surface area contributed by atoms with E-state index in [1.54, 1.807) is 11.8 Å². The minimum atomic E-state index is -4.23. The molecule has 0 aromatic heterocycles. The molecule has 2 atom stereocenters. The molecular weight excluding hydrogens is 285 g/mol. The second-order valence-corrected chi connectivity index (χ2v) is 6.12. The predicted molar refractivity (Wildman–Crippen MR) is 73.7 cm³/mol. The van der Waals surface area contributed by atoms with Crippen molar-refractivity contribution in [3.8, 4) is 0 Å². The van der Waals surface area contributed by atoms with Gasteiger partial charge in [0.2, 0.25) is 5.91 Å². The fourth-order valence-corrected chi connectivity index (χ4v) is 2.73. The van der Waals surface area contributed by atoms with Crippen LogP contribution in [-0.4, -0.2) is 65.3 Å². The molecule has 0 aromatic rings. The first-order valence-electron chi connectivity index (χ1n) is 7.38. The number of nitrogens with zero attached hydrogens (tertiary/aromatic N) is 2. The monoisotopic (exact) mass is 310 g/mol. The van der Waals surface area contributed by atoms with Crippen molar-refractivity contribution in [2.45, 2.75) is 51.9 Å². The van der Waals surface area contributed by atoms with Crippen LogP contribution in [0.2, 0.25) is 0 Å². The summed E-state index contributed by atoms with van der Waals surface area (Å²) in [6.45, 7) is 5.05. The van der Waals surface area contributed by atoms with Crippen LogP contribution in [0.25, 0.3) is 0 Å². The summed E-state index contributed by atoms with van der Waals surface area (Å²) in [4.78, 5) is 15.4. The van der Waals surface area contributed by atoms with E-state index in [1.807, 2.05) is 13.8 Å². The number of carbonyl (C=O) groups excluding carboxylic acids is 1. The van der Waals surface area contributed by atoms with Gasteiger partial charge in [0.05, 0.1) is 18.6 Å². The quantitative estimate of drug-likeness (QED) is 0.843. The number of aliphatic hydroxyl groups excluding tert-OH is 1. The topological polar surface area (TPSA) is 43.8 Å². The molecular formula is C14H25F3N2O2. The van der Waals surface area contributed by atoms with E-state index in [4.69, 9.17) is 0 Å². The first-order valence-corrected chi connectivity index (χ1v) is 7.38. The molecule has 1 heterocycles. The molecule has 1 N–H and O–H groups in total. The number of hydrogen-bond donors (Lipinski definition) is 1. The Hall–Kier alpha value is -0.820. The van der Waals surface area contributed by atoms with E-state index in [2.05, 4.69) is 0 Å². The number of piperidine rings is 1. The molecule has 1 aliphatic heterocycles. The summed E-state index contributed by atoms with van der Waals surface area (Å²) in [6, 6.07) is -0.0786. The van der Waals surface area contributed by atoms with Gasteiger partial charge in [-0.25, -0.2) is 0 Å². The highest BCUT2D eigenvalue weighted by Gasteiger charge is 2.36. The van der Waals surface area contributed by atoms with Crippen molar-refractivity contribution in [1.82, 2.24) is 9.80 Å². The minimum absolute atomic E-state index is 0.0786. The number of likely N-dealkylation sites (tertiary alicyclic amines) is 1. The summed E-state index contributed by atoms with van der Waals surface area (Å²) < 4.78 is 37.4. The van der Waals surface area contributed by atoms with E-state index in [1.165, 1.54) is 4.90 Å². The zero-order valence-corrected chi connectivity index (χ0v) is 12.9. The van der Waals surface area contributed by atoms with Crippen molar-refractivity contribution in [3.05, 3.63) is 0 Å². The van der Waals surface area contributed by atoms with Gasteiger partial charge in [0.1, 0.15) is 0 Å². The Morgan fingerprint density at radius 1 is 1.38 bits per heavy atom. The van der Waals surface area contributed by atoms with Gasteiger partial charge in [0.25, 0.3) is 0 Å². The van der Waals surface area contributed by atoms with Crippen LogP contribution in [0.15, 0.2) is 0 Å². The van der Waals surface area contributed by atoms with E-state index in [0.29, 0.717) is 19.4 Å². The summed E-state index contributed by atoms with van der Waals surface area (Å²) in [5.41, 5.74) is 0. The van der Waals surface area contributed by atoms with Crippen molar-refractivity contribution in [1.29, 1.82) is 0 Å². The average molecular weight is 310 g/mol. The zero-order chi connectivity index (χ0) is 16.2. The smallest absolute Gasteiger partial charge is 0.392 e. The molecule has 0 aliphatic carbocycles. The van der Waals surface area contributed by atoms with Crippen molar-refractivity contribution in [3.63, 3.8) is 0 Å². The maximum Gasteiger partial charge on any atom is 0.401 e. The molecule has 0 saturated carbocycles. The average Bonchev–Trinajstić information content (AvgIpc) is 2.33. The zero-order valence-electron chi connectivity index (χ0n) is 12.9. The summed E-state index contributed by atoms with van der Waals surface area (Å²) in [5.74, 6) is -0.569. The highest BCUT2D eigenvalue weighted by molar-refractivity contribution is 5.79. The molecule has 0 bridgehead atoms. The van der Waals surface area contributed by atoms with Gasteiger partial charge in [-0.2, -0.15) is 13.2 Å². The van der Waals surface area contributed by atoms with E-state index in [-0.39, 0.29) is 25.0 Å². The molecule has 1 fully saturated rings. The minimum Gasteiger partial charge on any atom is -0.392 e. The van der Waals surface area contributed by atoms with Crippen molar-refractivity contribution >= 4 is 5.91 Å². The van der Waals surface area contributed by atoms with E-state index < -0.39 is 24.7 Å². The lowest BCUT2D eigenvalue weighted by Crippen LogP contribution is -2.50. The van der Waals surface area contributed by atoms with Gasteiger partial charge in [0.15, 0.2) is 0 Å². The second kappa shape index (κ2) is 7.45. The van der Waals surface area contributed by atoms with Crippen LogP contribution in [0, 0.1) is 5.92 Å². The Morgan fingerprint density at radius 3 is 2.48 bits per heavy atom. The van der Waals surface area contributed by atoms with Gasteiger partial charge in [-0.05, 0) is 40.2 Å². The van der Waals surface area contributed by atoms with Gasteiger partial charge < -0.3 is 10.0 Å². The maximum absolute atomic E-state index is 12.5. The molecule has 21 heavy (non-hydrogen) atoms. The first-order chi connectivity index (χ1) is 9.60. The predicted octanol–water partition coefficient (Wildman–Crippen LogP) is 1.88. The molecule has 0 spiro atoms. The number of hydrogen-bond acceptors (Lipinski definition) is 3. The summed E-state index contributed by atoms with van der Waals surface area (Å²) >= 11 is 0. The van der Waals surface area contributed by atoms with Gasteiger partial charge in [-0.1, -0.05) is 0 Å². The largest absolute Gasteiger partial charge is 0.401 e. The van der Waals surface area contributed by atoms with E-state index in [0.717, 1.165) is 0 Å². The van der Waals surface area contributed by atoms with Gasteiger partial charge in [-0.3, -0.25) is 9.69 Å².